The number of rotatable bonds is 1. The highest BCUT2D eigenvalue weighted by molar-refractivity contribution is 6.05. The Morgan fingerprint density at radius 2 is 1.96 bits per heavy atom. The molecule has 1 atom stereocenters. The number of imide groups is 1. The number of carbonyl (C=O) groups is 3. The normalized spacial score (nSPS) is 26.5. The summed E-state index contributed by atoms with van der Waals surface area (Å²) < 4.78 is 5.99. The van der Waals surface area contributed by atoms with Crippen LogP contribution in [-0.4, -0.2) is 48.4 Å². The molecule has 7 heteroatoms. The van der Waals surface area contributed by atoms with Crippen LogP contribution in [0.5, 0.6) is 5.75 Å². The largest absolute Gasteiger partial charge is 0.492 e. The molecule has 1 aromatic rings. The molecule has 4 aliphatic rings. The summed E-state index contributed by atoms with van der Waals surface area (Å²) in [5, 5.41) is 5.75. The fourth-order valence-corrected chi connectivity index (χ4v) is 4.91. The van der Waals surface area contributed by atoms with Crippen molar-refractivity contribution in [2.45, 2.75) is 43.7 Å². The smallest absolute Gasteiger partial charge is 0.255 e. The molecule has 0 aliphatic carbocycles. The fourth-order valence-electron chi connectivity index (χ4n) is 4.91. The number of carbonyl (C=O) groups excluding carboxylic acids is 3. The van der Waals surface area contributed by atoms with Gasteiger partial charge in [0.05, 0.1) is 6.61 Å². The van der Waals surface area contributed by atoms with Gasteiger partial charge in [0.15, 0.2) is 0 Å². The minimum absolute atomic E-state index is 0.0347. The highest BCUT2D eigenvalue weighted by Crippen LogP contribution is 2.49. The highest BCUT2D eigenvalue weighted by atomic mass is 16.5. The van der Waals surface area contributed by atoms with Crippen LogP contribution in [0.1, 0.15) is 47.2 Å². The molecule has 2 saturated heterocycles. The van der Waals surface area contributed by atoms with Gasteiger partial charge in [-0.1, -0.05) is 0 Å². The van der Waals surface area contributed by atoms with Gasteiger partial charge in [0.25, 0.3) is 5.91 Å². The molecule has 2 fully saturated rings. The maximum absolute atomic E-state index is 13.0. The first-order chi connectivity index (χ1) is 12.6. The lowest BCUT2D eigenvalue weighted by atomic mass is 9.72. The molecule has 0 radical (unpaired) electrons. The van der Waals surface area contributed by atoms with Gasteiger partial charge in [-0.2, -0.15) is 0 Å². The second kappa shape index (κ2) is 5.54. The Bertz CT molecular complexity index is 823. The van der Waals surface area contributed by atoms with E-state index in [1.165, 1.54) is 5.56 Å². The minimum atomic E-state index is -0.574. The zero-order chi connectivity index (χ0) is 17.9. The number of nitrogens with one attached hydrogen (secondary N) is 2. The Morgan fingerprint density at radius 3 is 2.73 bits per heavy atom. The Hall–Kier alpha value is -2.41. The van der Waals surface area contributed by atoms with Crippen LogP contribution in [0.4, 0.5) is 0 Å². The van der Waals surface area contributed by atoms with Crippen molar-refractivity contribution < 1.29 is 19.1 Å². The molecular formula is C19H21N3O4. The molecule has 0 saturated carbocycles. The summed E-state index contributed by atoms with van der Waals surface area (Å²) in [6.07, 6.45) is 2.64. The molecule has 5 rings (SSSR count). The van der Waals surface area contributed by atoms with Crippen molar-refractivity contribution in [3.63, 3.8) is 0 Å². The summed E-state index contributed by atoms with van der Waals surface area (Å²) in [6.45, 7) is 2.96. The second-order valence-corrected chi connectivity index (χ2v) is 7.68. The van der Waals surface area contributed by atoms with Gasteiger partial charge in [0, 0.05) is 29.5 Å². The number of piperidine rings is 2. The van der Waals surface area contributed by atoms with Crippen molar-refractivity contribution in [1.82, 2.24) is 15.5 Å². The van der Waals surface area contributed by atoms with Crippen molar-refractivity contribution in [3.05, 3.63) is 28.8 Å². The van der Waals surface area contributed by atoms with Crippen LogP contribution in [0.15, 0.2) is 12.1 Å². The molecule has 136 valence electrons. The molecule has 1 unspecified atom stereocenters. The van der Waals surface area contributed by atoms with Crippen LogP contribution in [0, 0.1) is 0 Å². The summed E-state index contributed by atoms with van der Waals surface area (Å²) >= 11 is 0. The topological polar surface area (TPSA) is 87.7 Å². The minimum Gasteiger partial charge on any atom is -0.492 e. The van der Waals surface area contributed by atoms with Crippen LogP contribution >= 0.6 is 0 Å². The van der Waals surface area contributed by atoms with E-state index in [-0.39, 0.29) is 29.6 Å². The van der Waals surface area contributed by atoms with Gasteiger partial charge >= 0.3 is 0 Å². The average molecular weight is 355 g/mol. The van der Waals surface area contributed by atoms with E-state index < -0.39 is 6.04 Å². The second-order valence-electron chi connectivity index (χ2n) is 7.68. The molecule has 4 aliphatic heterocycles. The zero-order valence-electron chi connectivity index (χ0n) is 14.5. The highest BCUT2D eigenvalue weighted by Gasteiger charge is 2.47. The van der Waals surface area contributed by atoms with Crippen molar-refractivity contribution in [2.24, 2.45) is 0 Å². The fraction of sp³-hybridized carbons (Fsp3) is 0.526. The summed E-state index contributed by atoms with van der Waals surface area (Å²) in [5.41, 5.74) is 2.82. The van der Waals surface area contributed by atoms with E-state index in [4.69, 9.17) is 4.74 Å². The standard InChI is InChI=1S/C19H21N3O4/c23-15-4-2-13(17(24)21-15)22-9-12-11(18(22)25)1-3-14-16(12)19(10-26-14)5-7-20-8-6-19/h1,3,13,20H,2,4-10H2,(H,21,23,24). The number of fused-ring (bicyclic) bond motifs is 4. The number of hydrogen-bond acceptors (Lipinski definition) is 5. The van der Waals surface area contributed by atoms with Gasteiger partial charge in [-0.25, -0.2) is 0 Å². The lowest BCUT2D eigenvalue weighted by Crippen LogP contribution is -2.52. The van der Waals surface area contributed by atoms with Crippen molar-refractivity contribution in [3.8, 4) is 5.75 Å². The molecular weight excluding hydrogens is 334 g/mol. The Balaban J connectivity index is 1.53. The number of amides is 3. The molecule has 1 aromatic carbocycles. The Labute approximate surface area is 151 Å². The van der Waals surface area contributed by atoms with E-state index in [1.807, 2.05) is 12.1 Å². The average Bonchev–Trinajstić information content (AvgIpc) is 3.15. The van der Waals surface area contributed by atoms with Crippen molar-refractivity contribution in [1.29, 1.82) is 0 Å². The molecule has 4 heterocycles. The molecule has 0 bridgehead atoms. The lowest BCUT2D eigenvalue weighted by Gasteiger charge is -2.34. The molecule has 26 heavy (non-hydrogen) atoms. The third kappa shape index (κ3) is 2.13. The maximum atomic E-state index is 13.0. The summed E-state index contributed by atoms with van der Waals surface area (Å²) in [4.78, 5) is 38.3. The van der Waals surface area contributed by atoms with Gasteiger partial charge < -0.3 is 15.0 Å². The molecule has 0 aromatic heterocycles. The number of nitrogens with zero attached hydrogens (tertiary/aromatic N) is 1. The third-order valence-electron chi connectivity index (χ3n) is 6.28. The summed E-state index contributed by atoms with van der Waals surface area (Å²) in [5.74, 6) is 0.127. The van der Waals surface area contributed by atoms with Gasteiger partial charge in [-0.3, -0.25) is 19.7 Å². The van der Waals surface area contributed by atoms with Crippen LogP contribution in [0.3, 0.4) is 0 Å². The van der Waals surface area contributed by atoms with E-state index in [0.717, 1.165) is 37.2 Å². The SMILES string of the molecule is O=C1CCC(N2Cc3c(ccc4c3C3(CCNCC3)CO4)C2=O)C(=O)N1. The third-order valence-corrected chi connectivity index (χ3v) is 6.28. The van der Waals surface area contributed by atoms with Gasteiger partial charge in [-0.15, -0.1) is 0 Å². The quantitative estimate of drug-likeness (QED) is 0.715. The first-order valence-corrected chi connectivity index (χ1v) is 9.24. The maximum Gasteiger partial charge on any atom is 0.255 e. The van der Waals surface area contributed by atoms with Crippen molar-refractivity contribution >= 4 is 17.7 Å². The molecule has 2 N–H and O–H groups in total. The zero-order valence-corrected chi connectivity index (χ0v) is 14.5. The van der Waals surface area contributed by atoms with Crippen LogP contribution < -0.4 is 15.4 Å². The number of benzene rings is 1. The monoisotopic (exact) mass is 355 g/mol. The van der Waals surface area contributed by atoms with E-state index in [0.29, 0.717) is 25.1 Å². The molecule has 3 amide bonds. The van der Waals surface area contributed by atoms with Gasteiger partial charge in [-0.05, 0) is 50.0 Å². The summed E-state index contributed by atoms with van der Waals surface area (Å²) in [6, 6.07) is 3.15. The van der Waals surface area contributed by atoms with Crippen LogP contribution in [-0.2, 0) is 21.5 Å². The Morgan fingerprint density at radius 1 is 1.15 bits per heavy atom. The first kappa shape index (κ1) is 15.8. The molecule has 1 spiro atoms. The molecule has 7 nitrogen and oxygen atoms in total. The van der Waals surface area contributed by atoms with Gasteiger partial charge in [0.2, 0.25) is 11.8 Å². The van der Waals surface area contributed by atoms with E-state index in [2.05, 4.69) is 10.6 Å². The number of ether oxygens (including phenoxy) is 1. The van der Waals surface area contributed by atoms with E-state index in [9.17, 15) is 14.4 Å². The van der Waals surface area contributed by atoms with E-state index in [1.54, 1.807) is 4.90 Å². The predicted octanol–water partition coefficient (Wildman–Crippen LogP) is 0.461. The van der Waals surface area contributed by atoms with Crippen molar-refractivity contribution in [2.75, 3.05) is 19.7 Å². The lowest BCUT2D eigenvalue weighted by molar-refractivity contribution is -0.136. The predicted molar refractivity (Wildman–Crippen MR) is 91.8 cm³/mol. The first-order valence-electron chi connectivity index (χ1n) is 9.24. The van der Waals surface area contributed by atoms with Crippen LogP contribution in [0.25, 0.3) is 0 Å². The van der Waals surface area contributed by atoms with Gasteiger partial charge in [0.1, 0.15) is 11.8 Å². The summed E-state index contributed by atoms with van der Waals surface area (Å²) in [7, 11) is 0. The number of hydrogen-bond donors (Lipinski definition) is 2. The van der Waals surface area contributed by atoms with Crippen LogP contribution in [0.2, 0.25) is 0 Å². The van der Waals surface area contributed by atoms with E-state index >= 15 is 0 Å². The Kier molecular flexibility index (Phi) is 3.37.